The second kappa shape index (κ2) is 6.20. The van der Waals surface area contributed by atoms with Gasteiger partial charge in [-0.25, -0.2) is 0 Å². The minimum absolute atomic E-state index is 0.0601. The van der Waals surface area contributed by atoms with Gasteiger partial charge in [0.15, 0.2) is 0 Å². The number of rotatable bonds is 6. The third-order valence-corrected chi connectivity index (χ3v) is 3.48. The van der Waals surface area contributed by atoms with Crippen LogP contribution < -0.4 is 5.32 Å². The molecule has 3 heteroatoms. The van der Waals surface area contributed by atoms with E-state index in [4.69, 9.17) is 0 Å². The molecule has 106 valence electrons. The molecule has 0 fully saturated rings. The lowest BCUT2D eigenvalue weighted by Gasteiger charge is -2.28. The van der Waals surface area contributed by atoms with Crippen LogP contribution in [-0.2, 0) is 10.2 Å². The molecular weight excluding hydrogens is 238 g/mol. The van der Waals surface area contributed by atoms with Crippen molar-refractivity contribution in [3.8, 4) is 0 Å². The van der Waals surface area contributed by atoms with Gasteiger partial charge in [0.05, 0.1) is 11.0 Å². The van der Waals surface area contributed by atoms with Crippen molar-refractivity contribution < 1.29 is 9.90 Å². The molecule has 0 aliphatic rings. The maximum Gasteiger partial charge on any atom is 0.230 e. The van der Waals surface area contributed by atoms with Crippen LogP contribution in [0.25, 0.3) is 0 Å². The van der Waals surface area contributed by atoms with Crippen molar-refractivity contribution in [3.63, 3.8) is 0 Å². The monoisotopic (exact) mass is 263 g/mol. The Kier molecular flexibility index (Phi) is 5.12. The average molecular weight is 263 g/mol. The third-order valence-electron chi connectivity index (χ3n) is 3.48. The Morgan fingerprint density at radius 1 is 1.21 bits per heavy atom. The fourth-order valence-corrected chi connectivity index (χ4v) is 2.10. The molecule has 2 N–H and O–H groups in total. The van der Waals surface area contributed by atoms with Gasteiger partial charge >= 0.3 is 0 Å². The fraction of sp³-hybridized carbons (Fsp3) is 0.562. The highest BCUT2D eigenvalue weighted by atomic mass is 16.3. The topological polar surface area (TPSA) is 49.3 Å². The predicted molar refractivity (Wildman–Crippen MR) is 78.0 cm³/mol. The lowest BCUT2D eigenvalue weighted by Crippen LogP contribution is -2.46. The van der Waals surface area contributed by atoms with Crippen molar-refractivity contribution in [2.75, 3.05) is 6.54 Å². The smallest absolute Gasteiger partial charge is 0.230 e. The number of benzene rings is 1. The average Bonchev–Trinajstić information content (AvgIpc) is 2.37. The minimum Gasteiger partial charge on any atom is -0.388 e. The molecule has 0 aliphatic heterocycles. The number of amides is 1. The van der Waals surface area contributed by atoms with Crippen molar-refractivity contribution in [1.29, 1.82) is 0 Å². The van der Waals surface area contributed by atoms with Gasteiger partial charge in [-0.2, -0.15) is 0 Å². The predicted octanol–water partition coefficient (Wildman–Crippen LogP) is 2.63. The zero-order valence-electron chi connectivity index (χ0n) is 12.4. The number of nitrogens with one attached hydrogen (secondary N) is 1. The summed E-state index contributed by atoms with van der Waals surface area (Å²) in [6.45, 7) is 7.85. The SMILES string of the molecule is CCCC(C)(O)CNC(=O)C(C)(C)c1ccccc1. The van der Waals surface area contributed by atoms with Gasteiger partial charge in [-0.3, -0.25) is 4.79 Å². The van der Waals surface area contributed by atoms with E-state index >= 15 is 0 Å². The molecule has 0 saturated heterocycles. The molecule has 0 aliphatic carbocycles. The largest absolute Gasteiger partial charge is 0.388 e. The summed E-state index contributed by atoms with van der Waals surface area (Å²) in [6.07, 6.45) is 1.57. The molecule has 1 amide bonds. The van der Waals surface area contributed by atoms with Gasteiger partial charge in [0.2, 0.25) is 5.91 Å². The van der Waals surface area contributed by atoms with Crippen LogP contribution in [0.5, 0.6) is 0 Å². The molecule has 0 saturated carbocycles. The summed E-state index contributed by atoms with van der Waals surface area (Å²) < 4.78 is 0. The van der Waals surface area contributed by atoms with E-state index < -0.39 is 11.0 Å². The highest BCUT2D eigenvalue weighted by Gasteiger charge is 2.31. The van der Waals surface area contributed by atoms with Gasteiger partial charge < -0.3 is 10.4 Å². The Morgan fingerprint density at radius 2 is 1.79 bits per heavy atom. The van der Waals surface area contributed by atoms with E-state index in [1.54, 1.807) is 6.92 Å². The van der Waals surface area contributed by atoms with Gasteiger partial charge in [0.1, 0.15) is 0 Å². The molecule has 1 atom stereocenters. The maximum absolute atomic E-state index is 12.3. The number of carbonyl (C=O) groups excluding carboxylic acids is 1. The number of hydrogen-bond acceptors (Lipinski definition) is 2. The van der Waals surface area contributed by atoms with Gasteiger partial charge in [-0.05, 0) is 32.8 Å². The Morgan fingerprint density at radius 3 is 2.32 bits per heavy atom. The molecule has 0 radical (unpaired) electrons. The third kappa shape index (κ3) is 4.35. The fourth-order valence-electron chi connectivity index (χ4n) is 2.10. The normalized spacial score (nSPS) is 14.8. The van der Waals surface area contributed by atoms with Gasteiger partial charge in [-0.15, -0.1) is 0 Å². The van der Waals surface area contributed by atoms with Gasteiger partial charge in [0.25, 0.3) is 0 Å². The van der Waals surface area contributed by atoms with Crippen molar-refractivity contribution in [2.45, 2.75) is 51.6 Å². The molecule has 0 bridgehead atoms. The summed E-state index contributed by atoms with van der Waals surface area (Å²) in [5, 5.41) is 12.9. The molecular formula is C16H25NO2. The van der Waals surface area contributed by atoms with Crippen LogP contribution in [0.2, 0.25) is 0 Å². The van der Waals surface area contributed by atoms with E-state index in [9.17, 15) is 9.90 Å². The van der Waals surface area contributed by atoms with E-state index in [1.165, 1.54) is 0 Å². The molecule has 1 aromatic carbocycles. The standard InChI is InChI=1S/C16H25NO2/c1-5-11-16(4,19)12-17-14(18)15(2,3)13-9-7-6-8-10-13/h6-10,19H,5,11-12H2,1-4H3,(H,17,18). The van der Waals surface area contributed by atoms with Crippen LogP contribution in [0.1, 0.15) is 46.1 Å². The molecule has 1 rings (SSSR count). The molecule has 0 heterocycles. The summed E-state index contributed by atoms with van der Waals surface area (Å²) >= 11 is 0. The van der Waals surface area contributed by atoms with Crippen LogP contribution in [0.15, 0.2) is 30.3 Å². The number of carbonyl (C=O) groups is 1. The quantitative estimate of drug-likeness (QED) is 0.829. The zero-order chi connectivity index (χ0) is 14.5. The summed E-state index contributed by atoms with van der Waals surface area (Å²) in [7, 11) is 0. The van der Waals surface area contributed by atoms with Crippen molar-refractivity contribution >= 4 is 5.91 Å². The molecule has 3 nitrogen and oxygen atoms in total. The van der Waals surface area contributed by atoms with Crippen LogP contribution in [0.4, 0.5) is 0 Å². The number of hydrogen-bond donors (Lipinski definition) is 2. The Labute approximate surface area is 116 Å². The Bertz CT molecular complexity index is 410. The molecule has 0 spiro atoms. The Balaban J connectivity index is 2.68. The zero-order valence-corrected chi connectivity index (χ0v) is 12.4. The Hall–Kier alpha value is -1.35. The van der Waals surface area contributed by atoms with Crippen LogP contribution in [0, 0.1) is 0 Å². The van der Waals surface area contributed by atoms with E-state index in [0.717, 1.165) is 12.0 Å². The van der Waals surface area contributed by atoms with Crippen LogP contribution >= 0.6 is 0 Å². The summed E-state index contributed by atoms with van der Waals surface area (Å²) in [5.41, 5.74) is -0.455. The van der Waals surface area contributed by atoms with E-state index in [-0.39, 0.29) is 12.5 Å². The second-order valence-electron chi connectivity index (χ2n) is 5.92. The first kappa shape index (κ1) is 15.7. The molecule has 1 unspecified atom stereocenters. The van der Waals surface area contributed by atoms with E-state index in [1.807, 2.05) is 51.1 Å². The van der Waals surface area contributed by atoms with Crippen LogP contribution in [0.3, 0.4) is 0 Å². The first-order valence-corrected chi connectivity index (χ1v) is 6.86. The van der Waals surface area contributed by atoms with Crippen molar-refractivity contribution in [1.82, 2.24) is 5.32 Å². The lowest BCUT2D eigenvalue weighted by atomic mass is 9.83. The lowest BCUT2D eigenvalue weighted by molar-refractivity contribution is -0.126. The van der Waals surface area contributed by atoms with E-state index in [0.29, 0.717) is 6.42 Å². The second-order valence-corrected chi connectivity index (χ2v) is 5.92. The minimum atomic E-state index is -0.836. The van der Waals surface area contributed by atoms with Crippen molar-refractivity contribution in [2.24, 2.45) is 0 Å². The number of aliphatic hydroxyl groups is 1. The van der Waals surface area contributed by atoms with Crippen molar-refractivity contribution in [3.05, 3.63) is 35.9 Å². The summed E-state index contributed by atoms with van der Waals surface area (Å²) in [5.74, 6) is -0.0601. The maximum atomic E-state index is 12.3. The highest BCUT2D eigenvalue weighted by Crippen LogP contribution is 2.23. The highest BCUT2D eigenvalue weighted by molar-refractivity contribution is 5.87. The first-order valence-electron chi connectivity index (χ1n) is 6.86. The molecule has 1 aromatic rings. The molecule has 0 aromatic heterocycles. The summed E-state index contributed by atoms with van der Waals surface area (Å²) in [6, 6.07) is 9.69. The summed E-state index contributed by atoms with van der Waals surface area (Å²) in [4.78, 5) is 12.3. The molecule has 19 heavy (non-hydrogen) atoms. The van der Waals surface area contributed by atoms with E-state index in [2.05, 4.69) is 5.32 Å². The van der Waals surface area contributed by atoms with Crippen LogP contribution in [-0.4, -0.2) is 23.2 Å². The first-order chi connectivity index (χ1) is 8.79. The van der Waals surface area contributed by atoms with Gasteiger partial charge in [0, 0.05) is 6.54 Å². The van der Waals surface area contributed by atoms with Gasteiger partial charge in [-0.1, -0.05) is 43.7 Å².